The molecule has 0 bridgehead atoms. The molecular weight excluding hydrogens is 739 g/mol. The van der Waals surface area contributed by atoms with Crippen molar-refractivity contribution in [2.24, 2.45) is 38.9 Å². The maximum Gasteiger partial charge on any atom is -0.358 e. The Hall–Kier alpha value is -1.66. The van der Waals surface area contributed by atoms with Gasteiger partial charge in [0.05, 0.1) is 0 Å². The molecule has 5 aliphatic rings. The van der Waals surface area contributed by atoms with Gasteiger partial charge < -0.3 is 7.43 Å². The third kappa shape index (κ3) is 8.23. The molecule has 5 aliphatic carbocycles. The molecule has 0 spiro atoms. The van der Waals surface area contributed by atoms with Gasteiger partial charge in [0.2, 0.25) is 0 Å². The van der Waals surface area contributed by atoms with Crippen molar-refractivity contribution in [2.75, 3.05) is 0 Å². The zero-order valence-corrected chi connectivity index (χ0v) is 38.3. The number of rotatable bonds is 0. The molecule has 3 atom stereocenters. The second-order valence-corrected chi connectivity index (χ2v) is 17.3. The van der Waals surface area contributed by atoms with Crippen LogP contribution in [-0.4, -0.2) is 4.21 Å². The first-order valence-corrected chi connectivity index (χ1v) is 19.8. The minimum Gasteiger partial charge on any atom is -0.358 e. The van der Waals surface area contributed by atoms with Crippen molar-refractivity contribution in [3.8, 4) is 0 Å². The Balaban J connectivity index is 0.000000490. The molecule has 280 valence electrons. The smallest absolute Gasteiger partial charge is 0.358 e. The molecule has 0 heterocycles. The fourth-order valence-corrected chi connectivity index (χ4v) is 9.09. The Kier molecular flexibility index (Phi) is 16.4. The van der Waals surface area contributed by atoms with Gasteiger partial charge in [-0.15, -0.1) is 31.7 Å². The van der Waals surface area contributed by atoms with Gasteiger partial charge in [-0.2, -0.15) is 58.7 Å². The molecule has 1 fully saturated rings. The van der Waals surface area contributed by atoms with E-state index < -0.39 is 0 Å². The molecule has 51 heavy (non-hydrogen) atoms. The molecule has 2 aromatic carbocycles. The molecule has 0 aromatic heterocycles. The Morgan fingerprint density at radius 1 is 0.902 bits per heavy atom. The Morgan fingerprint density at radius 2 is 1.49 bits per heavy atom. The SMILES string of the molecule is CC1[C-]=CC(C(C)(C)C)=C1.C[C-]1C2=C3Cc4ccccc4C3=C3C=CCCC3C2(C)C(C)(C)C(C)(C)C1(C)C.Cc1cc[c-]cc1.Cl.Cl.[CH2]=[Zr].[CH3-]. The number of halogens is 2. The van der Waals surface area contributed by atoms with Crippen LogP contribution in [0.2, 0.25) is 0 Å². The first-order chi connectivity index (χ1) is 22.4. The van der Waals surface area contributed by atoms with Crippen LogP contribution in [0.4, 0.5) is 0 Å². The van der Waals surface area contributed by atoms with Crippen molar-refractivity contribution >= 4 is 34.6 Å². The molecule has 0 amide bonds. The minimum absolute atomic E-state index is 0. The van der Waals surface area contributed by atoms with Gasteiger partial charge in [-0.05, 0) is 40.6 Å². The third-order valence-electron chi connectivity index (χ3n) is 13.5. The van der Waals surface area contributed by atoms with Crippen LogP contribution < -0.4 is 0 Å². The van der Waals surface area contributed by atoms with Gasteiger partial charge in [0.15, 0.2) is 0 Å². The summed E-state index contributed by atoms with van der Waals surface area (Å²) in [6, 6.07) is 20.0. The van der Waals surface area contributed by atoms with E-state index in [9.17, 15) is 0 Å². The summed E-state index contributed by atoms with van der Waals surface area (Å²) in [4.78, 5) is 0. The zero-order chi connectivity index (χ0) is 35.9. The maximum atomic E-state index is 3.34. The number of hydrogen-bond acceptors (Lipinski definition) is 0. The fraction of sp³-hybridized carbons (Fsp3) is 0.479. The molecule has 0 N–H and O–H groups in total. The Bertz CT molecular complexity index is 1640. The number of aryl methyl sites for hydroxylation is 1. The van der Waals surface area contributed by atoms with E-state index in [4.69, 9.17) is 0 Å². The summed E-state index contributed by atoms with van der Waals surface area (Å²) in [6.45, 7) is 31.2. The van der Waals surface area contributed by atoms with E-state index in [2.05, 4.69) is 155 Å². The van der Waals surface area contributed by atoms with Gasteiger partial charge >= 0.3 is 28.4 Å². The third-order valence-corrected chi connectivity index (χ3v) is 13.5. The van der Waals surface area contributed by atoms with E-state index in [0.29, 0.717) is 17.3 Å². The summed E-state index contributed by atoms with van der Waals surface area (Å²) in [6.07, 6.45) is 16.2. The van der Waals surface area contributed by atoms with Gasteiger partial charge in [0, 0.05) is 0 Å². The first kappa shape index (κ1) is 47.4. The monoisotopic (exact) mass is 802 g/mol. The summed E-state index contributed by atoms with van der Waals surface area (Å²) in [5.74, 6) is 2.76. The standard InChI is InChI=1S/C29H37.C10H15.C7H7.CH3.CH2.2ClH.Zr/c1-18-25-22-17-19-13-9-10-14-20(19)24(22)21-15-11-12-16-23(21)29(25,8)28(6,7)27(4,5)26(18,2)3;1-8-5-6-9(7-8)10(2,3)4;1-7-5-3-2-4-6-7;;;;;/h9-11,13-15,23H,12,16-17H2,1-8H3;6-8H,1-4H3;3-6H,1H3;1H3;1H2;2*1H;/q4*-1;;;;. The van der Waals surface area contributed by atoms with Crippen LogP contribution in [0.1, 0.15) is 113 Å². The predicted molar refractivity (Wildman–Crippen MR) is 227 cm³/mol. The van der Waals surface area contributed by atoms with Gasteiger partial charge in [-0.25, -0.2) is 12.0 Å². The van der Waals surface area contributed by atoms with Crippen LogP contribution in [0.15, 0.2) is 95.1 Å². The van der Waals surface area contributed by atoms with Crippen LogP contribution >= 0.6 is 24.8 Å². The van der Waals surface area contributed by atoms with Crippen LogP contribution in [-0.2, 0) is 30.7 Å². The molecule has 3 heteroatoms. The number of benzene rings is 2. The Morgan fingerprint density at radius 3 is 1.98 bits per heavy atom. The van der Waals surface area contributed by atoms with Gasteiger partial charge in [0.1, 0.15) is 0 Å². The van der Waals surface area contributed by atoms with Crippen LogP contribution in [0.5, 0.6) is 0 Å². The predicted octanol–water partition coefficient (Wildman–Crippen LogP) is 14.0. The fourth-order valence-electron chi connectivity index (χ4n) is 9.09. The van der Waals surface area contributed by atoms with Crippen molar-refractivity contribution in [1.82, 2.24) is 0 Å². The largest absolute Gasteiger partial charge is 0.358 e. The molecular formula is C48H66Cl2Zr-4. The van der Waals surface area contributed by atoms with Crippen molar-refractivity contribution in [2.45, 2.75) is 109 Å². The van der Waals surface area contributed by atoms with Crippen molar-refractivity contribution in [3.63, 3.8) is 0 Å². The van der Waals surface area contributed by atoms with Gasteiger partial charge in [-0.1, -0.05) is 159 Å². The molecule has 7 rings (SSSR count). The van der Waals surface area contributed by atoms with Crippen LogP contribution in [0, 0.1) is 71.3 Å². The molecule has 0 aliphatic heterocycles. The molecule has 0 nitrogen and oxygen atoms in total. The summed E-state index contributed by atoms with van der Waals surface area (Å²) < 4.78 is 3.34. The molecule has 1 saturated carbocycles. The van der Waals surface area contributed by atoms with E-state index in [1.54, 1.807) is 28.2 Å². The van der Waals surface area contributed by atoms with E-state index in [-0.39, 0.29) is 53.9 Å². The Labute approximate surface area is 342 Å². The zero-order valence-electron chi connectivity index (χ0n) is 34.2. The van der Waals surface area contributed by atoms with E-state index in [0.717, 1.165) is 6.42 Å². The van der Waals surface area contributed by atoms with E-state index in [1.807, 2.05) is 24.3 Å². The quantitative estimate of drug-likeness (QED) is 0.233. The summed E-state index contributed by atoms with van der Waals surface area (Å²) >= 11 is 1.30. The van der Waals surface area contributed by atoms with Crippen LogP contribution in [0.25, 0.3) is 5.57 Å². The first-order valence-electron chi connectivity index (χ1n) is 18.0. The topological polar surface area (TPSA) is 0 Å². The number of allylic oxidation sites excluding steroid dienone is 10. The van der Waals surface area contributed by atoms with Gasteiger partial charge in [-0.3, -0.25) is 6.08 Å². The van der Waals surface area contributed by atoms with E-state index >= 15 is 0 Å². The van der Waals surface area contributed by atoms with E-state index in [1.165, 1.54) is 59.3 Å². The number of fused-ring (bicyclic) bond motifs is 6. The maximum absolute atomic E-state index is 3.34. The summed E-state index contributed by atoms with van der Waals surface area (Å²) in [7, 11) is 0. The minimum atomic E-state index is 0. The second-order valence-electron chi connectivity index (χ2n) is 17.3. The summed E-state index contributed by atoms with van der Waals surface area (Å²) in [5.41, 5.74) is 13.3. The average Bonchev–Trinajstić information content (AvgIpc) is 3.66. The van der Waals surface area contributed by atoms with Crippen molar-refractivity contribution in [1.29, 1.82) is 0 Å². The van der Waals surface area contributed by atoms with Crippen molar-refractivity contribution in [3.05, 3.63) is 137 Å². The molecule has 2 aromatic rings. The van der Waals surface area contributed by atoms with Crippen LogP contribution in [0.3, 0.4) is 0 Å². The normalized spacial score (nSPS) is 25.1. The number of hydrogen-bond donors (Lipinski definition) is 0. The second kappa shape index (κ2) is 17.7. The molecule has 3 unspecified atom stereocenters. The molecule has 0 saturated heterocycles. The summed E-state index contributed by atoms with van der Waals surface area (Å²) in [5, 5.41) is 0. The van der Waals surface area contributed by atoms with Gasteiger partial charge in [0.25, 0.3) is 0 Å². The van der Waals surface area contributed by atoms with Crippen molar-refractivity contribution < 1.29 is 24.2 Å². The average molecular weight is 805 g/mol. The molecule has 0 radical (unpaired) electrons.